The normalized spacial score (nSPS) is 12.9. The molecule has 1 unspecified atom stereocenters. The number of allylic oxidation sites excluding steroid dienone is 14. The third-order valence-electron chi connectivity index (χ3n) is 10.7. The lowest BCUT2D eigenvalue weighted by Gasteiger charge is -2.15. The maximum absolute atomic E-state index is 12.3. The smallest absolute Gasteiger partial charge is 0.306 e. The second-order valence-electron chi connectivity index (χ2n) is 16.5. The molecule has 0 aliphatic heterocycles. The fourth-order valence-corrected chi connectivity index (χ4v) is 6.91. The first-order chi connectivity index (χ1) is 29.6. The van der Waals surface area contributed by atoms with E-state index in [1.54, 1.807) is 0 Å². The fraction of sp³-hybridized carbons (Fsp3) is 0.709. The fourth-order valence-electron chi connectivity index (χ4n) is 6.91. The van der Waals surface area contributed by atoms with Crippen molar-refractivity contribution in [2.75, 3.05) is 13.2 Å². The van der Waals surface area contributed by atoms with Gasteiger partial charge >= 0.3 is 11.9 Å². The maximum Gasteiger partial charge on any atom is 0.306 e. The van der Waals surface area contributed by atoms with E-state index < -0.39 is 6.10 Å². The van der Waals surface area contributed by atoms with Crippen molar-refractivity contribution >= 4 is 11.9 Å². The van der Waals surface area contributed by atoms with Crippen molar-refractivity contribution in [3.63, 3.8) is 0 Å². The molecule has 0 heterocycles. The van der Waals surface area contributed by atoms with E-state index in [-0.39, 0.29) is 25.2 Å². The average molecular weight is 835 g/mol. The molecule has 0 fully saturated rings. The molecule has 0 rings (SSSR count). The second kappa shape index (κ2) is 50.4. The molecule has 1 N–H and O–H groups in total. The van der Waals surface area contributed by atoms with Crippen molar-refractivity contribution in [2.45, 2.75) is 238 Å². The highest BCUT2D eigenvalue weighted by Gasteiger charge is 2.16. The number of ether oxygens (including phenoxy) is 2. The Labute approximate surface area is 371 Å². The number of unbranched alkanes of at least 4 members (excludes halogenated alkanes) is 23. The minimum atomic E-state index is -0.780. The number of carbonyl (C=O) groups excluding carboxylic acids is 2. The molecule has 0 spiro atoms. The van der Waals surface area contributed by atoms with Gasteiger partial charge in [0, 0.05) is 12.8 Å². The predicted octanol–water partition coefficient (Wildman–Crippen LogP) is 16.6. The van der Waals surface area contributed by atoms with Gasteiger partial charge in [-0.3, -0.25) is 9.59 Å². The van der Waals surface area contributed by atoms with Crippen LogP contribution in [0.5, 0.6) is 0 Å². The topological polar surface area (TPSA) is 72.8 Å². The summed E-state index contributed by atoms with van der Waals surface area (Å²) in [6.45, 7) is 4.00. The third kappa shape index (κ3) is 47.8. The number of hydrogen-bond acceptors (Lipinski definition) is 5. The Balaban J connectivity index is 3.54. The van der Waals surface area contributed by atoms with E-state index in [4.69, 9.17) is 9.47 Å². The molecule has 0 aromatic rings. The average Bonchev–Trinajstić information content (AvgIpc) is 3.25. The van der Waals surface area contributed by atoms with Crippen LogP contribution in [0, 0.1) is 0 Å². The lowest BCUT2D eigenvalue weighted by molar-refractivity contribution is -0.161. The molecule has 1 atom stereocenters. The highest BCUT2D eigenvalue weighted by atomic mass is 16.6. The molecule has 0 radical (unpaired) electrons. The number of carbonyl (C=O) groups is 2. The van der Waals surface area contributed by atoms with Crippen molar-refractivity contribution in [3.8, 4) is 0 Å². The summed E-state index contributed by atoms with van der Waals surface area (Å²) in [5, 5.41) is 9.62. The Morgan fingerprint density at radius 1 is 0.400 bits per heavy atom. The summed E-state index contributed by atoms with van der Waals surface area (Å²) in [6.07, 6.45) is 69.5. The minimum absolute atomic E-state index is 0.0721. The van der Waals surface area contributed by atoms with Crippen LogP contribution in [-0.4, -0.2) is 36.4 Å². The zero-order valence-corrected chi connectivity index (χ0v) is 39.2. The first-order valence-corrected chi connectivity index (χ1v) is 25.1. The lowest BCUT2D eigenvalue weighted by Crippen LogP contribution is -2.28. The van der Waals surface area contributed by atoms with Gasteiger partial charge in [-0.15, -0.1) is 0 Å². The van der Waals surface area contributed by atoms with Gasteiger partial charge in [0.1, 0.15) is 6.61 Å². The second-order valence-corrected chi connectivity index (χ2v) is 16.5. The third-order valence-corrected chi connectivity index (χ3v) is 10.7. The van der Waals surface area contributed by atoms with Crippen LogP contribution in [0.2, 0.25) is 0 Å². The van der Waals surface area contributed by atoms with E-state index in [1.165, 1.54) is 128 Å². The van der Waals surface area contributed by atoms with Gasteiger partial charge in [-0.25, -0.2) is 0 Å². The molecule has 0 saturated carbocycles. The number of aliphatic hydroxyl groups excluding tert-OH is 1. The van der Waals surface area contributed by atoms with Gasteiger partial charge in [0.25, 0.3) is 0 Å². The van der Waals surface area contributed by atoms with Gasteiger partial charge in [-0.05, 0) is 89.9 Å². The van der Waals surface area contributed by atoms with Gasteiger partial charge in [0.15, 0.2) is 6.10 Å². The summed E-state index contributed by atoms with van der Waals surface area (Å²) in [5.74, 6) is -0.599. The lowest BCUT2D eigenvalue weighted by atomic mass is 10.0. The van der Waals surface area contributed by atoms with E-state index in [0.29, 0.717) is 12.8 Å². The van der Waals surface area contributed by atoms with E-state index in [2.05, 4.69) is 98.9 Å². The van der Waals surface area contributed by atoms with Crippen molar-refractivity contribution < 1.29 is 24.2 Å². The van der Waals surface area contributed by atoms with E-state index >= 15 is 0 Å². The van der Waals surface area contributed by atoms with Crippen LogP contribution in [0.3, 0.4) is 0 Å². The molecule has 0 aromatic carbocycles. The summed E-state index contributed by atoms with van der Waals surface area (Å²) in [4.78, 5) is 24.4. The summed E-state index contributed by atoms with van der Waals surface area (Å²) in [5.41, 5.74) is 0. The zero-order chi connectivity index (χ0) is 43.5. The first-order valence-electron chi connectivity index (χ1n) is 25.1. The van der Waals surface area contributed by atoms with Gasteiger partial charge in [0.05, 0.1) is 6.61 Å². The molecule has 0 aromatic heterocycles. The molecule has 60 heavy (non-hydrogen) atoms. The molecule has 5 nitrogen and oxygen atoms in total. The molecule has 0 saturated heterocycles. The van der Waals surface area contributed by atoms with E-state index in [1.807, 2.05) is 0 Å². The predicted molar refractivity (Wildman–Crippen MR) is 260 cm³/mol. The monoisotopic (exact) mass is 835 g/mol. The molecular weight excluding hydrogens is 741 g/mol. The van der Waals surface area contributed by atoms with Crippen LogP contribution in [0.25, 0.3) is 0 Å². The summed E-state index contributed by atoms with van der Waals surface area (Å²) in [7, 11) is 0. The summed E-state index contributed by atoms with van der Waals surface area (Å²) < 4.78 is 10.7. The molecule has 344 valence electrons. The van der Waals surface area contributed by atoms with Crippen LogP contribution in [0.1, 0.15) is 232 Å². The van der Waals surface area contributed by atoms with Crippen LogP contribution < -0.4 is 0 Å². The highest BCUT2D eigenvalue weighted by Crippen LogP contribution is 2.15. The number of hydrogen-bond donors (Lipinski definition) is 1. The molecule has 5 heteroatoms. The number of aliphatic hydroxyl groups is 1. The maximum atomic E-state index is 12.3. The Hall–Kier alpha value is -2.92. The molecule has 0 amide bonds. The van der Waals surface area contributed by atoms with Gasteiger partial charge < -0.3 is 14.6 Å². The Bertz CT molecular complexity index is 1130. The minimum Gasteiger partial charge on any atom is -0.462 e. The standard InChI is InChI=1S/C55H94O5/c1-3-5-7-9-11-13-15-17-19-21-23-24-25-26-27-28-29-30-32-34-36-38-40-42-44-46-48-50-55(58)60-53(51-56)52-59-54(57)49-47-45-43-41-39-37-35-33-31-22-20-18-16-14-12-10-8-6-4-2/h5,7,11-14,17-20,23-24,26-27,53,56H,3-4,6,8-10,15-16,21-22,25,28-52H2,1-2H3/b7-5-,13-11-,14-12-,19-17-,20-18-,24-23-,27-26-. The van der Waals surface area contributed by atoms with Crippen LogP contribution in [0.4, 0.5) is 0 Å². The van der Waals surface area contributed by atoms with Crippen molar-refractivity contribution in [2.24, 2.45) is 0 Å². The Morgan fingerprint density at radius 2 is 0.717 bits per heavy atom. The highest BCUT2D eigenvalue weighted by molar-refractivity contribution is 5.70. The molecule has 0 aliphatic rings. The summed E-state index contributed by atoms with van der Waals surface area (Å²) >= 11 is 0. The quantitative estimate of drug-likeness (QED) is 0.0376. The Morgan fingerprint density at radius 3 is 1.08 bits per heavy atom. The number of esters is 2. The largest absolute Gasteiger partial charge is 0.462 e. The molecule has 0 bridgehead atoms. The van der Waals surface area contributed by atoms with Crippen LogP contribution in [0.15, 0.2) is 85.1 Å². The van der Waals surface area contributed by atoms with Crippen molar-refractivity contribution in [3.05, 3.63) is 85.1 Å². The molecular formula is C55H94O5. The zero-order valence-electron chi connectivity index (χ0n) is 39.2. The van der Waals surface area contributed by atoms with Crippen molar-refractivity contribution in [1.82, 2.24) is 0 Å². The van der Waals surface area contributed by atoms with Gasteiger partial charge in [0.2, 0.25) is 0 Å². The van der Waals surface area contributed by atoms with E-state index in [0.717, 1.165) is 77.0 Å². The number of rotatable bonds is 45. The molecule has 0 aliphatic carbocycles. The first kappa shape index (κ1) is 57.1. The van der Waals surface area contributed by atoms with E-state index in [9.17, 15) is 14.7 Å². The SMILES string of the molecule is CC/C=C\C/C=C\C/C=C\C/C=C\C/C=C\CCCCCCCCCCCCCC(=O)OC(CO)COC(=O)CCCCCCCCCCC/C=C\C/C=C\CCCCC. The Kier molecular flexibility index (Phi) is 48.0. The summed E-state index contributed by atoms with van der Waals surface area (Å²) in [6, 6.07) is 0. The van der Waals surface area contributed by atoms with Crippen molar-refractivity contribution in [1.29, 1.82) is 0 Å². The van der Waals surface area contributed by atoms with Gasteiger partial charge in [-0.2, -0.15) is 0 Å². The van der Waals surface area contributed by atoms with Crippen LogP contribution >= 0.6 is 0 Å². The van der Waals surface area contributed by atoms with Gasteiger partial charge in [-0.1, -0.05) is 214 Å². The van der Waals surface area contributed by atoms with Crippen LogP contribution in [-0.2, 0) is 19.1 Å².